The lowest BCUT2D eigenvalue weighted by Gasteiger charge is -2.57. The number of amides is 2. The molecule has 2 atom stereocenters. The van der Waals surface area contributed by atoms with Gasteiger partial charge in [-0.05, 0) is 83.5 Å². The van der Waals surface area contributed by atoms with E-state index in [2.05, 4.69) is 20.4 Å². The van der Waals surface area contributed by atoms with E-state index in [9.17, 15) is 9.59 Å². The van der Waals surface area contributed by atoms with Crippen LogP contribution in [0.4, 0.5) is 0 Å². The van der Waals surface area contributed by atoms with Crippen LogP contribution >= 0.6 is 0 Å². The van der Waals surface area contributed by atoms with Gasteiger partial charge >= 0.3 is 0 Å². The van der Waals surface area contributed by atoms with Gasteiger partial charge in [-0.2, -0.15) is 0 Å². The van der Waals surface area contributed by atoms with Crippen LogP contribution < -0.4 is 10.6 Å². The van der Waals surface area contributed by atoms with E-state index in [0.29, 0.717) is 25.2 Å². The third-order valence-corrected chi connectivity index (χ3v) is 8.12. The number of likely N-dealkylation sites (tertiary alicyclic amines) is 2. The first-order valence-corrected chi connectivity index (χ1v) is 11.8. The molecule has 29 heavy (non-hydrogen) atoms. The average molecular weight is 403 g/mol. The minimum atomic E-state index is -0.183. The van der Waals surface area contributed by atoms with Crippen molar-refractivity contribution in [3.8, 4) is 0 Å². The molecule has 0 aromatic carbocycles. The first-order valence-electron chi connectivity index (χ1n) is 11.8. The zero-order chi connectivity index (χ0) is 20.4. The van der Waals surface area contributed by atoms with Crippen molar-refractivity contribution in [1.82, 2.24) is 20.4 Å². The Balaban J connectivity index is 1.11. The highest BCUT2D eigenvalue weighted by molar-refractivity contribution is 5.79. The van der Waals surface area contributed by atoms with Crippen LogP contribution in [0, 0.1) is 17.8 Å². The third-order valence-electron chi connectivity index (χ3n) is 8.12. The van der Waals surface area contributed by atoms with E-state index in [-0.39, 0.29) is 22.9 Å². The molecule has 0 aromatic heterocycles. The highest BCUT2D eigenvalue weighted by Gasteiger charge is 2.52. The van der Waals surface area contributed by atoms with Gasteiger partial charge in [0.05, 0.1) is 13.1 Å². The fourth-order valence-electron chi connectivity index (χ4n) is 7.64. The molecule has 4 aliphatic carbocycles. The number of fused-ring (bicyclic) bond motifs is 2. The molecule has 0 spiro atoms. The monoisotopic (exact) mass is 402 g/mol. The summed E-state index contributed by atoms with van der Waals surface area (Å²) < 4.78 is 0. The number of piperazine rings is 1. The Bertz CT molecular complexity index is 650. The van der Waals surface area contributed by atoms with Crippen LogP contribution in [-0.4, -0.2) is 71.0 Å². The molecule has 2 amide bonds. The molecule has 6 bridgehead atoms. The number of nitrogens with one attached hydrogen (secondary N) is 2. The molecular formula is C23H38N4O2. The number of carbonyl (C=O) groups is 2. The average Bonchev–Trinajstić information content (AvgIpc) is 3.10. The Kier molecular flexibility index (Phi) is 4.74. The van der Waals surface area contributed by atoms with Crippen molar-refractivity contribution < 1.29 is 9.59 Å². The number of nitrogens with zero attached hydrogens (tertiary/aromatic N) is 2. The minimum Gasteiger partial charge on any atom is -0.350 e. The van der Waals surface area contributed by atoms with Crippen molar-refractivity contribution in [3.63, 3.8) is 0 Å². The van der Waals surface area contributed by atoms with Crippen molar-refractivity contribution >= 4 is 11.8 Å². The molecule has 0 radical (unpaired) electrons. The Morgan fingerprint density at radius 1 is 0.828 bits per heavy atom. The van der Waals surface area contributed by atoms with Crippen LogP contribution in [0.25, 0.3) is 0 Å². The van der Waals surface area contributed by atoms with E-state index in [0.717, 1.165) is 37.3 Å². The summed E-state index contributed by atoms with van der Waals surface area (Å²) in [6.45, 7) is 8.90. The molecule has 2 N–H and O–H groups in total. The van der Waals surface area contributed by atoms with Crippen LogP contribution in [0.3, 0.4) is 0 Å². The molecule has 0 aromatic rings. The molecule has 162 valence electrons. The van der Waals surface area contributed by atoms with E-state index >= 15 is 0 Å². The fraction of sp³-hybridized carbons (Fsp3) is 0.913. The van der Waals surface area contributed by atoms with E-state index in [4.69, 9.17) is 0 Å². The predicted octanol–water partition coefficient (Wildman–Crippen LogP) is 1.74. The molecule has 2 heterocycles. The maximum atomic E-state index is 12.9. The van der Waals surface area contributed by atoms with Gasteiger partial charge in [0.1, 0.15) is 0 Å². The van der Waals surface area contributed by atoms with Gasteiger partial charge in [-0.3, -0.25) is 19.4 Å². The maximum Gasteiger partial charge on any atom is 0.234 e. The molecule has 2 saturated heterocycles. The lowest BCUT2D eigenvalue weighted by atomic mass is 9.53. The Labute approximate surface area is 175 Å². The summed E-state index contributed by atoms with van der Waals surface area (Å²) in [6, 6.07) is 0.836. The number of rotatable bonds is 5. The SMILES string of the molecule is CC(C)(C)NC(=O)CN1C[C@@H]2C[C@H]1CN2CC(=O)NC12CC3CC(CC(C3)C1)C2. The van der Waals surface area contributed by atoms with Crippen LogP contribution in [0.5, 0.6) is 0 Å². The van der Waals surface area contributed by atoms with Gasteiger partial charge in [0, 0.05) is 36.3 Å². The lowest BCUT2D eigenvalue weighted by Crippen LogP contribution is -2.61. The molecule has 0 unspecified atom stereocenters. The summed E-state index contributed by atoms with van der Waals surface area (Å²) in [5, 5.41) is 6.58. The second-order valence-electron chi connectivity index (χ2n) is 11.9. The predicted molar refractivity (Wildman–Crippen MR) is 112 cm³/mol. The van der Waals surface area contributed by atoms with E-state index in [1.807, 2.05) is 20.8 Å². The molecule has 6 aliphatic rings. The minimum absolute atomic E-state index is 0.108. The summed E-state index contributed by atoms with van der Waals surface area (Å²) in [6.07, 6.45) is 8.96. The summed E-state index contributed by atoms with van der Waals surface area (Å²) in [7, 11) is 0. The first kappa shape index (κ1) is 19.8. The van der Waals surface area contributed by atoms with E-state index < -0.39 is 0 Å². The third kappa shape index (κ3) is 4.07. The molecule has 6 heteroatoms. The van der Waals surface area contributed by atoms with Gasteiger partial charge < -0.3 is 10.6 Å². The van der Waals surface area contributed by atoms with Crippen LogP contribution in [-0.2, 0) is 9.59 Å². The zero-order valence-corrected chi connectivity index (χ0v) is 18.4. The lowest BCUT2D eigenvalue weighted by molar-refractivity contribution is -0.129. The Morgan fingerprint density at radius 2 is 1.31 bits per heavy atom. The normalized spacial score (nSPS) is 41.1. The quantitative estimate of drug-likeness (QED) is 0.735. The molecule has 2 aliphatic heterocycles. The molecule has 6 fully saturated rings. The summed E-state index contributed by atoms with van der Waals surface area (Å²) in [5.74, 6) is 2.92. The van der Waals surface area contributed by atoms with Gasteiger partial charge in [0.15, 0.2) is 0 Å². The van der Waals surface area contributed by atoms with Crippen LogP contribution in [0.2, 0.25) is 0 Å². The van der Waals surface area contributed by atoms with Crippen molar-refractivity contribution in [2.45, 2.75) is 88.9 Å². The standard InChI is InChI=1S/C23H38N4O2/c1-22(2,3)24-20(28)13-26-11-19-7-18(26)12-27(19)14-21(29)25-23-8-15-4-16(9-23)6-17(5-15)10-23/h15-19H,4-14H2,1-3H3,(H,24,28)(H,25,29)/t15?,16?,17?,18-,19-,23?/m0/s1. The van der Waals surface area contributed by atoms with E-state index in [1.54, 1.807) is 0 Å². The maximum absolute atomic E-state index is 12.9. The molecule has 6 rings (SSSR count). The van der Waals surface area contributed by atoms with Gasteiger partial charge in [0.2, 0.25) is 11.8 Å². The second-order valence-corrected chi connectivity index (χ2v) is 11.9. The van der Waals surface area contributed by atoms with Crippen molar-refractivity contribution in [1.29, 1.82) is 0 Å². The van der Waals surface area contributed by atoms with Crippen molar-refractivity contribution in [2.24, 2.45) is 17.8 Å². The van der Waals surface area contributed by atoms with Gasteiger partial charge in [-0.1, -0.05) is 0 Å². The summed E-state index contributed by atoms with van der Waals surface area (Å²) >= 11 is 0. The summed E-state index contributed by atoms with van der Waals surface area (Å²) in [5.41, 5.74) is -0.0706. The van der Waals surface area contributed by atoms with Crippen LogP contribution in [0.1, 0.15) is 65.7 Å². The number of hydrogen-bond acceptors (Lipinski definition) is 4. The van der Waals surface area contributed by atoms with Gasteiger partial charge in [0.25, 0.3) is 0 Å². The topological polar surface area (TPSA) is 64.7 Å². The van der Waals surface area contributed by atoms with Gasteiger partial charge in [-0.15, -0.1) is 0 Å². The Morgan fingerprint density at radius 3 is 1.76 bits per heavy atom. The van der Waals surface area contributed by atoms with Crippen molar-refractivity contribution in [3.05, 3.63) is 0 Å². The second kappa shape index (κ2) is 6.94. The van der Waals surface area contributed by atoms with E-state index in [1.165, 1.54) is 38.5 Å². The Hall–Kier alpha value is -1.14. The fourth-order valence-corrected chi connectivity index (χ4v) is 7.64. The number of hydrogen-bond donors (Lipinski definition) is 2. The number of carbonyl (C=O) groups excluding carboxylic acids is 2. The molecular weight excluding hydrogens is 364 g/mol. The zero-order valence-electron chi connectivity index (χ0n) is 18.4. The highest BCUT2D eigenvalue weighted by atomic mass is 16.2. The summed E-state index contributed by atoms with van der Waals surface area (Å²) in [4.78, 5) is 29.9. The highest BCUT2D eigenvalue weighted by Crippen LogP contribution is 2.55. The first-order chi connectivity index (χ1) is 13.7. The molecule has 4 saturated carbocycles. The molecule has 6 nitrogen and oxygen atoms in total. The largest absolute Gasteiger partial charge is 0.350 e. The van der Waals surface area contributed by atoms with Gasteiger partial charge in [-0.25, -0.2) is 0 Å². The van der Waals surface area contributed by atoms with Crippen LogP contribution in [0.15, 0.2) is 0 Å². The smallest absolute Gasteiger partial charge is 0.234 e. The van der Waals surface area contributed by atoms with Crippen molar-refractivity contribution in [2.75, 3.05) is 26.2 Å².